The van der Waals surface area contributed by atoms with E-state index in [1.807, 2.05) is 13.0 Å². The Kier molecular flexibility index (Phi) is 4.51. The number of nitrogens with one attached hydrogen (secondary N) is 1. The number of carboxylic acids is 2. The maximum Gasteiger partial charge on any atom is 0.326 e. The molecule has 0 aliphatic carbocycles. The van der Waals surface area contributed by atoms with Crippen LogP contribution in [0, 0.1) is 6.92 Å². The van der Waals surface area contributed by atoms with Crippen LogP contribution in [0.1, 0.15) is 12.0 Å². The standard InChI is InChI=1S/C11H12BrNO4/c1-6-4-7(12)2-3-8(6)13-9(11(16)17)5-10(14)15/h2-4,9,13H,5H2,1H3,(H,14,15)(H,16,17). The summed E-state index contributed by atoms with van der Waals surface area (Å²) in [4.78, 5) is 21.4. The predicted molar refractivity (Wildman–Crippen MR) is 66.2 cm³/mol. The Morgan fingerprint density at radius 1 is 1.41 bits per heavy atom. The van der Waals surface area contributed by atoms with Crippen molar-refractivity contribution >= 4 is 33.6 Å². The maximum absolute atomic E-state index is 10.9. The average Bonchev–Trinajstić information content (AvgIpc) is 2.19. The zero-order valence-electron chi connectivity index (χ0n) is 9.11. The molecule has 0 heterocycles. The highest BCUT2D eigenvalue weighted by atomic mass is 79.9. The lowest BCUT2D eigenvalue weighted by atomic mass is 10.1. The largest absolute Gasteiger partial charge is 0.481 e. The Hall–Kier alpha value is -1.56. The number of halogens is 1. The molecule has 0 spiro atoms. The highest BCUT2D eigenvalue weighted by molar-refractivity contribution is 9.10. The van der Waals surface area contributed by atoms with Crippen molar-refractivity contribution < 1.29 is 19.8 Å². The molecule has 1 aromatic carbocycles. The Labute approximate surface area is 107 Å². The lowest BCUT2D eigenvalue weighted by molar-refractivity contribution is -0.144. The third-order valence-electron chi connectivity index (χ3n) is 2.20. The fourth-order valence-electron chi connectivity index (χ4n) is 1.35. The molecular formula is C11H12BrNO4. The van der Waals surface area contributed by atoms with Gasteiger partial charge in [0.05, 0.1) is 6.42 Å². The third-order valence-corrected chi connectivity index (χ3v) is 2.69. The lowest BCUT2D eigenvalue weighted by Gasteiger charge is -2.15. The molecule has 1 atom stereocenters. The molecule has 0 aliphatic rings. The van der Waals surface area contributed by atoms with Gasteiger partial charge in [0.25, 0.3) is 0 Å². The van der Waals surface area contributed by atoms with Crippen LogP contribution in [-0.4, -0.2) is 28.2 Å². The first-order valence-electron chi connectivity index (χ1n) is 4.87. The van der Waals surface area contributed by atoms with Gasteiger partial charge in [-0.3, -0.25) is 4.79 Å². The molecular weight excluding hydrogens is 290 g/mol. The number of hydrogen-bond acceptors (Lipinski definition) is 3. The molecule has 1 rings (SSSR count). The highest BCUT2D eigenvalue weighted by Gasteiger charge is 2.21. The van der Waals surface area contributed by atoms with E-state index in [1.54, 1.807) is 12.1 Å². The van der Waals surface area contributed by atoms with Gasteiger partial charge in [-0.2, -0.15) is 0 Å². The number of benzene rings is 1. The van der Waals surface area contributed by atoms with Gasteiger partial charge >= 0.3 is 11.9 Å². The second-order valence-corrected chi connectivity index (χ2v) is 4.51. The van der Waals surface area contributed by atoms with E-state index in [-0.39, 0.29) is 0 Å². The van der Waals surface area contributed by atoms with Crippen LogP contribution in [0.3, 0.4) is 0 Å². The number of carbonyl (C=O) groups is 2. The van der Waals surface area contributed by atoms with Gasteiger partial charge in [-0.15, -0.1) is 0 Å². The topological polar surface area (TPSA) is 86.6 Å². The fourth-order valence-corrected chi connectivity index (χ4v) is 1.83. The zero-order chi connectivity index (χ0) is 13.0. The molecule has 3 N–H and O–H groups in total. The van der Waals surface area contributed by atoms with Gasteiger partial charge in [-0.05, 0) is 30.7 Å². The van der Waals surface area contributed by atoms with Crippen LogP contribution in [0.2, 0.25) is 0 Å². The Bertz CT molecular complexity index is 447. The van der Waals surface area contributed by atoms with Crippen molar-refractivity contribution in [3.8, 4) is 0 Å². The molecule has 0 saturated carbocycles. The molecule has 5 nitrogen and oxygen atoms in total. The summed E-state index contributed by atoms with van der Waals surface area (Å²) in [6.07, 6.45) is -0.467. The van der Waals surface area contributed by atoms with Gasteiger partial charge in [-0.1, -0.05) is 15.9 Å². The van der Waals surface area contributed by atoms with Gasteiger partial charge in [0.15, 0.2) is 0 Å². The summed E-state index contributed by atoms with van der Waals surface area (Å²) in [5.41, 5.74) is 1.46. The Balaban J connectivity index is 2.86. The minimum atomic E-state index is -1.19. The molecule has 0 aliphatic heterocycles. The van der Waals surface area contributed by atoms with Crippen LogP contribution in [0.25, 0.3) is 0 Å². The van der Waals surface area contributed by atoms with Crippen LogP contribution in [0.5, 0.6) is 0 Å². The van der Waals surface area contributed by atoms with Gasteiger partial charge in [0.1, 0.15) is 6.04 Å². The van der Waals surface area contributed by atoms with E-state index in [4.69, 9.17) is 10.2 Å². The summed E-state index contributed by atoms with van der Waals surface area (Å²) in [6.45, 7) is 1.81. The minimum absolute atomic E-state index is 0.467. The van der Waals surface area contributed by atoms with Crippen molar-refractivity contribution in [2.24, 2.45) is 0 Å². The van der Waals surface area contributed by atoms with E-state index < -0.39 is 24.4 Å². The molecule has 0 amide bonds. The van der Waals surface area contributed by atoms with E-state index >= 15 is 0 Å². The number of anilines is 1. The molecule has 0 bridgehead atoms. The highest BCUT2D eigenvalue weighted by Crippen LogP contribution is 2.21. The van der Waals surface area contributed by atoms with Crippen molar-refractivity contribution in [2.75, 3.05) is 5.32 Å². The molecule has 0 saturated heterocycles. The lowest BCUT2D eigenvalue weighted by Crippen LogP contribution is -2.32. The predicted octanol–water partition coefficient (Wildman–Crippen LogP) is 2.10. The molecule has 0 radical (unpaired) electrons. The fraction of sp³-hybridized carbons (Fsp3) is 0.273. The van der Waals surface area contributed by atoms with Crippen LogP contribution in [0.15, 0.2) is 22.7 Å². The van der Waals surface area contributed by atoms with Gasteiger partial charge in [0, 0.05) is 10.2 Å². The minimum Gasteiger partial charge on any atom is -0.481 e. The number of carboxylic acid groups (broad SMARTS) is 2. The second kappa shape index (κ2) is 5.67. The van der Waals surface area contributed by atoms with Crippen LogP contribution in [-0.2, 0) is 9.59 Å². The first-order valence-corrected chi connectivity index (χ1v) is 5.66. The number of hydrogen-bond donors (Lipinski definition) is 3. The molecule has 92 valence electrons. The first-order chi connectivity index (χ1) is 7.90. The number of aryl methyl sites for hydroxylation is 1. The van der Waals surface area contributed by atoms with Crippen molar-refractivity contribution in [2.45, 2.75) is 19.4 Å². The van der Waals surface area contributed by atoms with Gasteiger partial charge in [-0.25, -0.2) is 4.79 Å². The van der Waals surface area contributed by atoms with Crippen molar-refractivity contribution in [1.29, 1.82) is 0 Å². The maximum atomic E-state index is 10.9. The normalized spacial score (nSPS) is 11.9. The molecule has 17 heavy (non-hydrogen) atoms. The molecule has 6 heteroatoms. The van der Waals surface area contributed by atoms with E-state index in [0.29, 0.717) is 5.69 Å². The van der Waals surface area contributed by atoms with Crippen molar-refractivity contribution in [3.05, 3.63) is 28.2 Å². The average molecular weight is 302 g/mol. The molecule has 0 fully saturated rings. The van der Waals surface area contributed by atoms with Crippen LogP contribution in [0.4, 0.5) is 5.69 Å². The van der Waals surface area contributed by atoms with E-state index in [0.717, 1.165) is 10.0 Å². The van der Waals surface area contributed by atoms with Crippen molar-refractivity contribution in [1.82, 2.24) is 0 Å². The quantitative estimate of drug-likeness (QED) is 0.775. The van der Waals surface area contributed by atoms with Crippen LogP contribution < -0.4 is 5.32 Å². The smallest absolute Gasteiger partial charge is 0.326 e. The Morgan fingerprint density at radius 2 is 2.06 bits per heavy atom. The summed E-state index contributed by atoms with van der Waals surface area (Å²) in [5, 5.41) is 20.2. The number of rotatable bonds is 5. The zero-order valence-corrected chi connectivity index (χ0v) is 10.7. The summed E-state index contributed by atoms with van der Waals surface area (Å²) in [5.74, 6) is -2.34. The summed E-state index contributed by atoms with van der Waals surface area (Å²) in [7, 11) is 0. The summed E-state index contributed by atoms with van der Waals surface area (Å²) < 4.78 is 0.880. The molecule has 0 aromatic heterocycles. The SMILES string of the molecule is Cc1cc(Br)ccc1NC(CC(=O)O)C(=O)O. The van der Waals surface area contributed by atoms with E-state index in [2.05, 4.69) is 21.2 Å². The van der Waals surface area contributed by atoms with E-state index in [1.165, 1.54) is 0 Å². The molecule has 1 unspecified atom stereocenters. The second-order valence-electron chi connectivity index (χ2n) is 3.59. The van der Waals surface area contributed by atoms with Crippen LogP contribution >= 0.6 is 15.9 Å². The monoisotopic (exact) mass is 301 g/mol. The Morgan fingerprint density at radius 3 is 2.53 bits per heavy atom. The van der Waals surface area contributed by atoms with Gasteiger partial charge in [0.2, 0.25) is 0 Å². The first kappa shape index (κ1) is 13.5. The third kappa shape index (κ3) is 4.07. The number of aliphatic carboxylic acids is 2. The van der Waals surface area contributed by atoms with Gasteiger partial charge < -0.3 is 15.5 Å². The summed E-state index contributed by atoms with van der Waals surface area (Å²) in [6, 6.07) is 4.15. The van der Waals surface area contributed by atoms with E-state index in [9.17, 15) is 9.59 Å². The summed E-state index contributed by atoms with van der Waals surface area (Å²) >= 11 is 3.29. The molecule has 1 aromatic rings. The van der Waals surface area contributed by atoms with Crippen molar-refractivity contribution in [3.63, 3.8) is 0 Å².